The van der Waals surface area contributed by atoms with E-state index in [1.165, 1.54) is 64.2 Å². The predicted octanol–water partition coefficient (Wildman–Crippen LogP) is 10.5. The minimum atomic E-state index is -0.269. The molecule has 0 unspecified atom stereocenters. The Morgan fingerprint density at radius 3 is 1.88 bits per heavy atom. The van der Waals surface area contributed by atoms with Gasteiger partial charge in [0.15, 0.2) is 0 Å². The summed E-state index contributed by atoms with van der Waals surface area (Å²) in [5.41, 5.74) is 2.50. The van der Waals surface area contributed by atoms with Crippen LogP contribution in [-0.2, 0) is 4.74 Å². The van der Waals surface area contributed by atoms with Crippen LogP contribution in [-0.4, -0.2) is 18.7 Å². The summed E-state index contributed by atoms with van der Waals surface area (Å²) in [6.07, 6.45) is 19.2. The number of carbonyl (C=O) groups is 1. The van der Waals surface area contributed by atoms with Crippen LogP contribution in [0.15, 0.2) is 48.5 Å². The van der Waals surface area contributed by atoms with Crippen molar-refractivity contribution in [3.05, 3.63) is 54.1 Å². The lowest BCUT2D eigenvalue weighted by atomic mass is 9.71. The standard InChI is InChI=1S/C36H51NO3/c1-3-5-7-9-10-12-14-28-39-33-21-19-31(20-22-33)30-15-17-32(18-16-30)35(38)40-34-23-26-36(29-37,27-24-34)25-13-11-8-6-4-2/h15-22,34H,3-14,23-28H2,1-2H3. The fourth-order valence-corrected chi connectivity index (χ4v) is 5.76. The van der Waals surface area contributed by atoms with Gasteiger partial charge in [0.2, 0.25) is 0 Å². The molecular formula is C36H51NO3. The molecule has 1 fully saturated rings. The van der Waals surface area contributed by atoms with E-state index in [4.69, 9.17) is 9.47 Å². The molecule has 0 saturated heterocycles. The van der Waals surface area contributed by atoms with Crippen LogP contribution < -0.4 is 4.74 Å². The maximum absolute atomic E-state index is 12.8. The maximum atomic E-state index is 12.8. The van der Waals surface area contributed by atoms with Crippen LogP contribution in [0.3, 0.4) is 0 Å². The van der Waals surface area contributed by atoms with Gasteiger partial charge < -0.3 is 9.47 Å². The molecule has 40 heavy (non-hydrogen) atoms. The van der Waals surface area contributed by atoms with Gasteiger partial charge in [-0.1, -0.05) is 109 Å². The largest absolute Gasteiger partial charge is 0.494 e. The molecule has 0 bridgehead atoms. The first-order chi connectivity index (χ1) is 19.6. The molecule has 0 amide bonds. The number of hydrogen-bond donors (Lipinski definition) is 0. The SMILES string of the molecule is CCCCCCCCCOc1ccc(-c2ccc(C(=O)OC3CCC(C#N)(CCCCCCC)CC3)cc2)cc1. The van der Waals surface area contributed by atoms with Gasteiger partial charge in [-0.2, -0.15) is 5.26 Å². The predicted molar refractivity (Wildman–Crippen MR) is 164 cm³/mol. The number of rotatable bonds is 18. The van der Waals surface area contributed by atoms with Gasteiger partial charge in [0.05, 0.1) is 23.7 Å². The van der Waals surface area contributed by atoms with Gasteiger partial charge in [0.1, 0.15) is 11.9 Å². The van der Waals surface area contributed by atoms with Crippen LogP contribution >= 0.6 is 0 Å². The lowest BCUT2D eigenvalue weighted by Crippen LogP contribution is -2.31. The minimum absolute atomic E-state index is 0.0951. The second-order valence-corrected chi connectivity index (χ2v) is 11.7. The molecule has 0 aliphatic heterocycles. The highest BCUT2D eigenvalue weighted by Crippen LogP contribution is 2.41. The Bertz CT molecular complexity index is 1010. The molecule has 4 heteroatoms. The smallest absolute Gasteiger partial charge is 0.338 e. The lowest BCUT2D eigenvalue weighted by Gasteiger charge is -2.34. The molecule has 0 N–H and O–H groups in total. The van der Waals surface area contributed by atoms with Crippen LogP contribution in [0.5, 0.6) is 5.75 Å². The highest BCUT2D eigenvalue weighted by atomic mass is 16.5. The van der Waals surface area contributed by atoms with Crippen molar-refractivity contribution >= 4 is 5.97 Å². The zero-order valence-electron chi connectivity index (χ0n) is 25.1. The van der Waals surface area contributed by atoms with E-state index in [-0.39, 0.29) is 17.5 Å². The van der Waals surface area contributed by atoms with Crippen molar-refractivity contribution in [3.63, 3.8) is 0 Å². The number of ether oxygens (including phenoxy) is 2. The van der Waals surface area contributed by atoms with Crippen molar-refractivity contribution < 1.29 is 14.3 Å². The van der Waals surface area contributed by atoms with Gasteiger partial charge in [-0.25, -0.2) is 4.79 Å². The van der Waals surface area contributed by atoms with Crippen LogP contribution in [0.25, 0.3) is 11.1 Å². The Morgan fingerprint density at radius 1 is 0.775 bits per heavy atom. The summed E-state index contributed by atoms with van der Waals surface area (Å²) < 4.78 is 11.8. The van der Waals surface area contributed by atoms with E-state index in [1.807, 2.05) is 36.4 Å². The van der Waals surface area contributed by atoms with Crippen LogP contribution in [0.1, 0.15) is 133 Å². The first kappa shape index (κ1) is 31.7. The normalized spacial score (nSPS) is 18.7. The Balaban J connectivity index is 1.39. The summed E-state index contributed by atoms with van der Waals surface area (Å²) in [5.74, 6) is 0.633. The second kappa shape index (κ2) is 17.8. The Hall–Kier alpha value is -2.80. The van der Waals surface area contributed by atoms with E-state index in [2.05, 4.69) is 32.0 Å². The number of nitrogens with zero attached hydrogens (tertiary/aromatic N) is 1. The van der Waals surface area contributed by atoms with Crippen LogP contribution in [0.4, 0.5) is 0 Å². The number of hydrogen-bond acceptors (Lipinski definition) is 4. The van der Waals surface area contributed by atoms with E-state index in [9.17, 15) is 10.1 Å². The van der Waals surface area contributed by atoms with Crippen molar-refractivity contribution in [2.75, 3.05) is 6.61 Å². The second-order valence-electron chi connectivity index (χ2n) is 11.7. The summed E-state index contributed by atoms with van der Waals surface area (Å²) in [6.45, 7) is 5.24. The number of esters is 1. The first-order valence-electron chi connectivity index (χ1n) is 16.0. The quantitative estimate of drug-likeness (QED) is 0.138. The molecule has 3 rings (SSSR count). The monoisotopic (exact) mass is 545 g/mol. The molecule has 0 aromatic heterocycles. The van der Waals surface area contributed by atoms with Gasteiger partial charge in [-0.15, -0.1) is 0 Å². The molecular weight excluding hydrogens is 494 g/mol. The lowest BCUT2D eigenvalue weighted by molar-refractivity contribution is 0.0105. The summed E-state index contributed by atoms with van der Waals surface area (Å²) in [6, 6.07) is 18.4. The number of unbranched alkanes of at least 4 members (excludes halogenated alkanes) is 10. The fourth-order valence-electron chi connectivity index (χ4n) is 5.76. The van der Waals surface area contributed by atoms with E-state index >= 15 is 0 Å². The summed E-state index contributed by atoms with van der Waals surface area (Å²) in [5, 5.41) is 9.85. The Kier molecular flexibility index (Phi) is 14.1. The molecule has 218 valence electrons. The maximum Gasteiger partial charge on any atom is 0.338 e. The molecule has 0 spiro atoms. The molecule has 2 aromatic carbocycles. The number of benzene rings is 2. The topological polar surface area (TPSA) is 59.3 Å². The average molecular weight is 546 g/mol. The average Bonchev–Trinajstić information content (AvgIpc) is 3.00. The first-order valence-corrected chi connectivity index (χ1v) is 16.0. The van der Waals surface area contributed by atoms with Crippen molar-refractivity contribution in [2.24, 2.45) is 5.41 Å². The third-order valence-corrected chi connectivity index (χ3v) is 8.48. The number of nitriles is 1. The Labute approximate surface area is 243 Å². The Morgan fingerprint density at radius 2 is 1.30 bits per heavy atom. The third kappa shape index (κ3) is 10.6. The van der Waals surface area contributed by atoms with Crippen LogP contribution in [0.2, 0.25) is 0 Å². The van der Waals surface area contributed by atoms with Gasteiger partial charge in [0, 0.05) is 0 Å². The van der Waals surface area contributed by atoms with Crippen LogP contribution in [0, 0.1) is 16.7 Å². The molecule has 2 aromatic rings. The molecule has 0 atom stereocenters. The fraction of sp³-hybridized carbons (Fsp3) is 0.611. The van der Waals surface area contributed by atoms with Crippen molar-refractivity contribution in [1.82, 2.24) is 0 Å². The number of carbonyl (C=O) groups excluding carboxylic acids is 1. The molecule has 1 saturated carbocycles. The van der Waals surface area contributed by atoms with Gasteiger partial charge in [0.25, 0.3) is 0 Å². The molecule has 0 heterocycles. The molecule has 1 aliphatic carbocycles. The zero-order chi connectivity index (χ0) is 28.5. The van der Waals surface area contributed by atoms with Crippen molar-refractivity contribution in [3.8, 4) is 22.9 Å². The summed E-state index contributed by atoms with van der Waals surface area (Å²) >= 11 is 0. The molecule has 1 aliphatic rings. The van der Waals surface area contributed by atoms with E-state index in [0.29, 0.717) is 5.56 Å². The third-order valence-electron chi connectivity index (χ3n) is 8.48. The van der Waals surface area contributed by atoms with Gasteiger partial charge >= 0.3 is 5.97 Å². The van der Waals surface area contributed by atoms with Crippen molar-refractivity contribution in [1.29, 1.82) is 5.26 Å². The highest BCUT2D eigenvalue weighted by molar-refractivity contribution is 5.90. The zero-order valence-corrected chi connectivity index (χ0v) is 25.1. The summed E-state index contributed by atoms with van der Waals surface area (Å²) in [7, 11) is 0. The molecule has 0 radical (unpaired) electrons. The van der Waals surface area contributed by atoms with E-state index < -0.39 is 0 Å². The highest BCUT2D eigenvalue weighted by Gasteiger charge is 2.36. The van der Waals surface area contributed by atoms with E-state index in [1.54, 1.807) is 0 Å². The minimum Gasteiger partial charge on any atom is -0.494 e. The van der Waals surface area contributed by atoms with Gasteiger partial charge in [-0.3, -0.25) is 0 Å². The van der Waals surface area contributed by atoms with Gasteiger partial charge in [-0.05, 0) is 73.9 Å². The van der Waals surface area contributed by atoms with Crippen molar-refractivity contribution in [2.45, 2.75) is 129 Å². The summed E-state index contributed by atoms with van der Waals surface area (Å²) in [4.78, 5) is 12.8. The molecule has 4 nitrogen and oxygen atoms in total. The van der Waals surface area contributed by atoms with E-state index in [0.717, 1.165) is 68.4 Å².